The number of aromatic nitrogens is 1. The van der Waals surface area contributed by atoms with Crippen molar-refractivity contribution in [2.75, 3.05) is 32.2 Å². The maximum Gasteiger partial charge on any atom is 0.304 e. The largest absolute Gasteiger partial charge is 0.619 e. The summed E-state index contributed by atoms with van der Waals surface area (Å²) in [6.07, 6.45) is 6.72. The zero-order valence-electron chi connectivity index (χ0n) is 14.1. The van der Waals surface area contributed by atoms with Crippen molar-refractivity contribution >= 4 is 11.4 Å². The summed E-state index contributed by atoms with van der Waals surface area (Å²) < 4.78 is 5.83. The van der Waals surface area contributed by atoms with Gasteiger partial charge in [-0.15, -0.1) is 0 Å². The van der Waals surface area contributed by atoms with Gasteiger partial charge in [0.2, 0.25) is 6.20 Å². The highest BCUT2D eigenvalue weighted by atomic mass is 16.6. The molecule has 2 bridgehead atoms. The van der Waals surface area contributed by atoms with Crippen LogP contribution in [0.15, 0.2) is 18.5 Å². The molecule has 2 unspecified atom stereocenters. The summed E-state index contributed by atoms with van der Waals surface area (Å²) in [5.74, 6) is 0. The maximum absolute atomic E-state index is 11.6. The minimum Gasteiger partial charge on any atom is -0.619 e. The van der Waals surface area contributed by atoms with E-state index in [9.17, 15) is 15.3 Å². The molecule has 0 amide bonds. The molecule has 2 aliphatic rings. The van der Waals surface area contributed by atoms with Crippen LogP contribution >= 0.6 is 0 Å². The monoisotopic (exact) mass is 336 g/mol. The van der Waals surface area contributed by atoms with Crippen LogP contribution in [0.25, 0.3) is 0 Å². The second-order valence-electron chi connectivity index (χ2n) is 6.68. The van der Waals surface area contributed by atoms with E-state index in [1.54, 1.807) is 7.11 Å². The van der Waals surface area contributed by atoms with Crippen molar-refractivity contribution in [3.05, 3.63) is 33.8 Å². The minimum atomic E-state index is -0.422. The summed E-state index contributed by atoms with van der Waals surface area (Å²) in [6.45, 7) is 1.67. The van der Waals surface area contributed by atoms with Gasteiger partial charge in [-0.25, -0.2) is 0 Å². The van der Waals surface area contributed by atoms with Crippen molar-refractivity contribution in [3.63, 3.8) is 0 Å². The van der Waals surface area contributed by atoms with Crippen LogP contribution in [0.3, 0.4) is 0 Å². The molecule has 8 nitrogen and oxygen atoms in total. The molecule has 0 N–H and O–H groups in total. The Bertz CT molecular complexity index is 598. The number of hydrogen-bond acceptors (Lipinski definition) is 6. The molecule has 24 heavy (non-hydrogen) atoms. The summed E-state index contributed by atoms with van der Waals surface area (Å²) in [4.78, 5) is 15.3. The second kappa shape index (κ2) is 6.90. The molecule has 2 aliphatic heterocycles. The van der Waals surface area contributed by atoms with Gasteiger partial charge in [-0.05, 0) is 25.7 Å². The average Bonchev–Trinajstić information content (AvgIpc) is 2.79. The quantitative estimate of drug-likeness (QED) is 0.337. The van der Waals surface area contributed by atoms with Gasteiger partial charge in [-0.1, -0.05) is 0 Å². The third kappa shape index (κ3) is 3.16. The van der Waals surface area contributed by atoms with Crippen LogP contribution < -0.4 is 9.63 Å². The van der Waals surface area contributed by atoms with Gasteiger partial charge in [0.15, 0.2) is 11.9 Å². The molecule has 8 heteroatoms. The second-order valence-corrected chi connectivity index (χ2v) is 6.68. The van der Waals surface area contributed by atoms with Crippen LogP contribution in [-0.2, 0) is 4.74 Å². The predicted octanol–water partition coefficient (Wildman–Crippen LogP) is 1.31. The number of ether oxygens (including phenoxy) is 1. The molecule has 0 saturated carbocycles. The molecule has 132 valence electrons. The van der Waals surface area contributed by atoms with Gasteiger partial charge >= 0.3 is 5.69 Å². The lowest BCUT2D eigenvalue weighted by molar-refractivity contribution is -0.605. The summed E-state index contributed by atoms with van der Waals surface area (Å²) in [6, 6.07) is 2.48. The lowest BCUT2D eigenvalue weighted by Crippen LogP contribution is -2.50. The molecule has 0 spiro atoms. The molecule has 3 heterocycles. The van der Waals surface area contributed by atoms with Gasteiger partial charge < -0.3 is 14.8 Å². The average molecular weight is 336 g/mol. The molecule has 2 saturated heterocycles. The van der Waals surface area contributed by atoms with E-state index in [1.165, 1.54) is 18.5 Å². The van der Waals surface area contributed by atoms with Crippen LogP contribution in [0.4, 0.5) is 11.4 Å². The van der Waals surface area contributed by atoms with Gasteiger partial charge in [0.05, 0.1) is 17.6 Å². The third-order valence-corrected chi connectivity index (χ3v) is 5.43. The molecule has 0 aliphatic carbocycles. The number of rotatable bonds is 6. The zero-order chi connectivity index (χ0) is 17.3. The van der Waals surface area contributed by atoms with Crippen LogP contribution in [0.2, 0.25) is 0 Å². The van der Waals surface area contributed by atoms with Crippen molar-refractivity contribution in [3.8, 4) is 0 Å². The Balaban J connectivity index is 1.77. The number of anilines is 1. The van der Waals surface area contributed by atoms with Crippen LogP contribution in [-0.4, -0.2) is 55.3 Å². The zero-order valence-corrected chi connectivity index (χ0v) is 14.1. The fraction of sp³-hybridized carbons (Fsp3) is 0.688. The van der Waals surface area contributed by atoms with Crippen molar-refractivity contribution in [2.45, 2.75) is 43.8 Å². The number of piperidine rings is 1. The fourth-order valence-corrected chi connectivity index (χ4v) is 4.21. The van der Waals surface area contributed by atoms with E-state index in [4.69, 9.17) is 4.74 Å². The molecular weight excluding hydrogens is 312 g/mol. The summed E-state index contributed by atoms with van der Waals surface area (Å²) >= 11 is 0. The van der Waals surface area contributed by atoms with E-state index >= 15 is 0 Å². The number of nitrogens with zero attached hydrogens (tertiary/aromatic N) is 4. The molecule has 3 rings (SSSR count). The Morgan fingerprint density at radius 2 is 2.08 bits per heavy atom. The molecular formula is C16H24N4O4. The number of nitro groups is 1. The number of methoxy groups -OCH3 is 1. The van der Waals surface area contributed by atoms with Crippen molar-refractivity contribution in [2.24, 2.45) is 0 Å². The SMILES string of the molecule is COCCN1C2CCC1CC(N(C)c1c[n+]([O-])ccc1[N+](=O)[O-])C2. The Hall–Kier alpha value is -1.93. The summed E-state index contributed by atoms with van der Waals surface area (Å²) in [5.41, 5.74) is 0.381. The number of hydrogen-bond donors (Lipinski definition) is 0. The summed E-state index contributed by atoms with van der Waals surface area (Å²) in [7, 11) is 3.58. The molecule has 2 fully saturated rings. The number of pyridine rings is 1. The Kier molecular flexibility index (Phi) is 4.86. The fourth-order valence-electron chi connectivity index (χ4n) is 4.21. The molecule has 0 radical (unpaired) electrons. The van der Waals surface area contributed by atoms with E-state index in [0.29, 0.717) is 22.5 Å². The van der Waals surface area contributed by atoms with Crippen LogP contribution in [0.5, 0.6) is 0 Å². The molecule has 0 aromatic carbocycles. The highest BCUT2D eigenvalue weighted by molar-refractivity contribution is 5.60. The third-order valence-electron chi connectivity index (χ3n) is 5.43. The van der Waals surface area contributed by atoms with Crippen molar-refractivity contribution in [1.82, 2.24) is 4.90 Å². The van der Waals surface area contributed by atoms with E-state index in [-0.39, 0.29) is 11.7 Å². The van der Waals surface area contributed by atoms with E-state index < -0.39 is 4.92 Å². The van der Waals surface area contributed by atoms with Gasteiger partial charge in [0.1, 0.15) is 0 Å². The smallest absolute Gasteiger partial charge is 0.304 e. The predicted molar refractivity (Wildman–Crippen MR) is 88.9 cm³/mol. The van der Waals surface area contributed by atoms with Crippen LogP contribution in [0, 0.1) is 15.3 Å². The highest BCUT2D eigenvalue weighted by Gasteiger charge is 2.42. The Morgan fingerprint density at radius 1 is 1.42 bits per heavy atom. The molecule has 1 aromatic heterocycles. The van der Waals surface area contributed by atoms with Crippen molar-refractivity contribution < 1.29 is 14.4 Å². The van der Waals surface area contributed by atoms with E-state index in [1.807, 2.05) is 11.9 Å². The lowest BCUT2D eigenvalue weighted by atomic mass is 9.95. The van der Waals surface area contributed by atoms with Gasteiger partial charge in [0.25, 0.3) is 0 Å². The Labute approximate surface area is 141 Å². The first-order chi connectivity index (χ1) is 11.5. The maximum atomic E-state index is 11.6. The molecule has 1 aromatic rings. The standard InChI is InChI=1S/C16H24N4O4/c1-17(16-11-18(21)6-5-15(16)20(22)23)14-9-12-3-4-13(10-14)19(12)7-8-24-2/h5-6,11-14H,3-4,7-10H2,1-2H3. The first-order valence-electron chi connectivity index (χ1n) is 8.36. The van der Waals surface area contributed by atoms with E-state index in [0.717, 1.165) is 38.8 Å². The lowest BCUT2D eigenvalue weighted by Gasteiger charge is -2.42. The van der Waals surface area contributed by atoms with Gasteiger partial charge in [-0.3, -0.25) is 15.0 Å². The van der Waals surface area contributed by atoms with Gasteiger partial charge in [0, 0.05) is 38.8 Å². The first kappa shape index (κ1) is 16.9. The topological polar surface area (TPSA) is 85.8 Å². The summed E-state index contributed by atoms with van der Waals surface area (Å²) in [5, 5.41) is 22.9. The van der Waals surface area contributed by atoms with Gasteiger partial charge in [-0.2, -0.15) is 4.73 Å². The van der Waals surface area contributed by atoms with Crippen molar-refractivity contribution in [1.29, 1.82) is 0 Å². The molecule has 2 atom stereocenters. The Morgan fingerprint density at radius 3 is 2.67 bits per heavy atom. The first-order valence-corrected chi connectivity index (χ1v) is 8.36. The minimum absolute atomic E-state index is 0.0150. The highest BCUT2D eigenvalue weighted by Crippen LogP contribution is 2.39. The normalized spacial score (nSPS) is 26.5. The van der Waals surface area contributed by atoms with Crippen LogP contribution in [0.1, 0.15) is 25.7 Å². The van der Waals surface area contributed by atoms with E-state index in [2.05, 4.69) is 4.90 Å². The number of fused-ring (bicyclic) bond motifs is 2.